The van der Waals surface area contributed by atoms with Crippen LogP contribution in [0.1, 0.15) is 19.3 Å². The fourth-order valence-electron chi connectivity index (χ4n) is 4.46. The lowest BCUT2D eigenvalue weighted by Crippen LogP contribution is -2.59. The van der Waals surface area contributed by atoms with Crippen LogP contribution in [0.4, 0.5) is 10.6 Å². The molecule has 0 aliphatic carbocycles. The second-order valence-corrected chi connectivity index (χ2v) is 8.58. The molecule has 3 N–H and O–H groups in total. The number of hydrogen-bond donors (Lipinski definition) is 3. The van der Waals surface area contributed by atoms with Crippen molar-refractivity contribution in [1.82, 2.24) is 24.8 Å². The highest BCUT2D eigenvalue weighted by Gasteiger charge is 2.40. The van der Waals surface area contributed by atoms with Crippen molar-refractivity contribution in [2.24, 2.45) is 0 Å². The summed E-state index contributed by atoms with van der Waals surface area (Å²) >= 11 is 6.31. The van der Waals surface area contributed by atoms with Crippen LogP contribution in [-0.2, 0) is 4.79 Å². The Morgan fingerprint density at radius 1 is 1.19 bits per heavy atom. The average molecular weight is 455 g/mol. The third-order valence-corrected chi connectivity index (χ3v) is 6.46. The van der Waals surface area contributed by atoms with E-state index in [2.05, 4.69) is 20.3 Å². The predicted octanol–water partition coefficient (Wildman–Crippen LogP) is 3.43. The van der Waals surface area contributed by atoms with Crippen LogP contribution < -0.4 is 5.32 Å². The molecule has 0 saturated carbocycles. The molecule has 10 heteroatoms. The number of rotatable bonds is 4. The molecule has 5 rings (SSSR count). The zero-order valence-corrected chi connectivity index (χ0v) is 18.0. The lowest BCUT2D eigenvalue weighted by atomic mass is 9.99. The molecule has 9 nitrogen and oxygen atoms in total. The molecular weight excluding hydrogens is 432 g/mol. The normalized spacial score (nSPS) is 19.1. The number of amides is 2. The largest absolute Gasteiger partial charge is 0.465 e. The highest BCUT2D eigenvalue weighted by molar-refractivity contribution is 6.29. The van der Waals surface area contributed by atoms with E-state index in [1.807, 2.05) is 30.5 Å². The summed E-state index contributed by atoms with van der Waals surface area (Å²) in [5, 5.41) is 14.0. The van der Waals surface area contributed by atoms with Crippen LogP contribution in [0.15, 0.2) is 36.7 Å². The topological polar surface area (TPSA) is 114 Å². The van der Waals surface area contributed by atoms with E-state index in [-0.39, 0.29) is 11.9 Å². The van der Waals surface area contributed by atoms with E-state index in [1.165, 1.54) is 4.90 Å². The third kappa shape index (κ3) is 3.84. The van der Waals surface area contributed by atoms with Gasteiger partial charge >= 0.3 is 6.09 Å². The smallest absolute Gasteiger partial charge is 0.407 e. The number of fused-ring (bicyclic) bond motifs is 1. The van der Waals surface area contributed by atoms with E-state index in [4.69, 9.17) is 16.7 Å². The standard InChI is InChI=1S/C22H23ClN6O3/c23-18-10-13(16-12-25-20-15(16)2-1-6-24-20)11-19(27-18)26-14-3-7-28(8-4-14)21(30)17-5-9-29(17)22(31)32/h1-2,6,10-12,14,17H,3-5,7-9H2,(H,24,25)(H,26,27)(H,31,32). The van der Waals surface area contributed by atoms with Crippen LogP contribution in [-0.4, -0.2) is 73.6 Å². The summed E-state index contributed by atoms with van der Waals surface area (Å²) in [7, 11) is 0. The molecule has 2 aliphatic rings. The minimum absolute atomic E-state index is 0.0896. The van der Waals surface area contributed by atoms with Crippen LogP contribution >= 0.6 is 11.6 Å². The van der Waals surface area contributed by atoms with Gasteiger partial charge in [-0.1, -0.05) is 11.6 Å². The van der Waals surface area contributed by atoms with Crippen LogP contribution in [0, 0.1) is 0 Å². The number of piperidine rings is 1. The first-order valence-corrected chi connectivity index (χ1v) is 11.0. The summed E-state index contributed by atoms with van der Waals surface area (Å²) in [6.07, 6.45) is 4.74. The van der Waals surface area contributed by atoms with Gasteiger partial charge in [0.1, 0.15) is 22.7 Å². The summed E-state index contributed by atoms with van der Waals surface area (Å²) in [6.45, 7) is 1.60. The number of halogens is 1. The molecule has 3 aromatic heterocycles. The Hall–Kier alpha value is -3.33. The van der Waals surface area contributed by atoms with E-state index >= 15 is 0 Å². The molecule has 2 amide bonds. The highest BCUT2D eigenvalue weighted by atomic mass is 35.5. The number of carboxylic acid groups (broad SMARTS) is 1. The number of nitrogens with zero attached hydrogens (tertiary/aromatic N) is 4. The van der Waals surface area contributed by atoms with Gasteiger partial charge in [0, 0.05) is 49.0 Å². The number of aromatic amines is 1. The molecule has 0 spiro atoms. The Labute approximate surface area is 189 Å². The summed E-state index contributed by atoms with van der Waals surface area (Å²) in [4.78, 5) is 38.7. The van der Waals surface area contributed by atoms with Crippen molar-refractivity contribution in [3.63, 3.8) is 0 Å². The molecule has 1 atom stereocenters. The minimum atomic E-state index is -1.03. The maximum Gasteiger partial charge on any atom is 0.407 e. The van der Waals surface area contributed by atoms with E-state index in [0.29, 0.717) is 37.0 Å². The number of H-pyrrole nitrogens is 1. The van der Waals surface area contributed by atoms with Gasteiger partial charge in [0.05, 0.1) is 0 Å². The van der Waals surface area contributed by atoms with Crippen molar-refractivity contribution in [2.45, 2.75) is 31.3 Å². The second kappa shape index (κ2) is 8.31. The lowest BCUT2D eigenvalue weighted by molar-refractivity contribution is -0.141. The fourth-order valence-corrected chi connectivity index (χ4v) is 4.67. The summed E-state index contributed by atoms with van der Waals surface area (Å²) < 4.78 is 0. The molecule has 166 valence electrons. The molecule has 2 fully saturated rings. The van der Waals surface area contributed by atoms with Gasteiger partial charge in [0.15, 0.2) is 0 Å². The van der Waals surface area contributed by atoms with Crippen molar-refractivity contribution < 1.29 is 14.7 Å². The maximum atomic E-state index is 12.7. The lowest BCUT2D eigenvalue weighted by Gasteiger charge is -2.42. The van der Waals surface area contributed by atoms with Gasteiger partial charge in [-0.25, -0.2) is 14.8 Å². The van der Waals surface area contributed by atoms with Crippen molar-refractivity contribution in [3.8, 4) is 11.1 Å². The monoisotopic (exact) mass is 454 g/mol. The zero-order chi connectivity index (χ0) is 22.2. The Kier molecular flexibility index (Phi) is 5.34. The first kappa shape index (κ1) is 20.6. The van der Waals surface area contributed by atoms with Crippen LogP contribution in [0.2, 0.25) is 5.15 Å². The number of anilines is 1. The predicted molar refractivity (Wildman–Crippen MR) is 121 cm³/mol. The Morgan fingerprint density at radius 3 is 2.72 bits per heavy atom. The quantitative estimate of drug-likeness (QED) is 0.520. The van der Waals surface area contributed by atoms with E-state index in [1.54, 1.807) is 11.1 Å². The van der Waals surface area contributed by atoms with Gasteiger partial charge in [-0.15, -0.1) is 0 Å². The van der Waals surface area contributed by atoms with Crippen molar-refractivity contribution in [2.75, 3.05) is 25.0 Å². The molecule has 0 aromatic carbocycles. The molecule has 0 bridgehead atoms. The molecule has 5 heterocycles. The number of carbonyl (C=O) groups is 2. The van der Waals surface area contributed by atoms with E-state index < -0.39 is 12.1 Å². The molecule has 0 radical (unpaired) electrons. The van der Waals surface area contributed by atoms with Gasteiger partial charge in [-0.05, 0) is 49.1 Å². The number of hydrogen-bond acceptors (Lipinski definition) is 5. The first-order chi connectivity index (χ1) is 15.5. The Morgan fingerprint density at radius 2 is 2.00 bits per heavy atom. The second-order valence-electron chi connectivity index (χ2n) is 8.19. The molecule has 3 aromatic rings. The third-order valence-electron chi connectivity index (χ3n) is 6.27. The van der Waals surface area contributed by atoms with Crippen LogP contribution in [0.25, 0.3) is 22.2 Å². The molecule has 1 unspecified atom stereocenters. The fraction of sp³-hybridized carbons (Fsp3) is 0.364. The number of carbonyl (C=O) groups excluding carboxylic acids is 1. The number of aromatic nitrogens is 3. The Bertz CT molecular complexity index is 1170. The zero-order valence-electron chi connectivity index (χ0n) is 17.3. The Balaban J connectivity index is 1.25. The summed E-state index contributed by atoms with van der Waals surface area (Å²) in [5.74, 6) is 0.597. The van der Waals surface area contributed by atoms with Crippen molar-refractivity contribution >= 4 is 40.5 Å². The number of nitrogens with one attached hydrogen (secondary N) is 2. The number of pyridine rings is 2. The first-order valence-electron chi connectivity index (χ1n) is 10.6. The molecule has 2 saturated heterocycles. The molecule has 32 heavy (non-hydrogen) atoms. The van der Waals surface area contributed by atoms with Gasteiger partial charge < -0.3 is 20.3 Å². The van der Waals surface area contributed by atoms with Gasteiger partial charge in [0.25, 0.3) is 0 Å². The minimum Gasteiger partial charge on any atom is -0.465 e. The maximum absolute atomic E-state index is 12.7. The average Bonchev–Trinajstić information content (AvgIpc) is 3.17. The summed E-state index contributed by atoms with van der Waals surface area (Å²) in [6, 6.07) is 7.33. The number of likely N-dealkylation sites (tertiary alicyclic amines) is 2. The van der Waals surface area contributed by atoms with Crippen molar-refractivity contribution in [1.29, 1.82) is 0 Å². The van der Waals surface area contributed by atoms with Gasteiger partial charge in [-0.3, -0.25) is 9.69 Å². The molecule has 2 aliphatic heterocycles. The van der Waals surface area contributed by atoms with Crippen LogP contribution in [0.3, 0.4) is 0 Å². The highest BCUT2D eigenvalue weighted by Crippen LogP contribution is 2.31. The van der Waals surface area contributed by atoms with E-state index in [0.717, 1.165) is 35.0 Å². The van der Waals surface area contributed by atoms with E-state index in [9.17, 15) is 9.59 Å². The SMILES string of the molecule is O=C(C1CCN1C(=O)O)N1CCC(Nc2cc(-c3c[nH]c4ncccc34)cc(Cl)n2)CC1. The van der Waals surface area contributed by atoms with Crippen LogP contribution in [0.5, 0.6) is 0 Å². The van der Waals surface area contributed by atoms with Gasteiger partial charge in [0.2, 0.25) is 5.91 Å². The van der Waals surface area contributed by atoms with Gasteiger partial charge in [-0.2, -0.15) is 0 Å². The summed E-state index contributed by atoms with van der Waals surface area (Å²) in [5.41, 5.74) is 2.76. The van der Waals surface area contributed by atoms with Crippen molar-refractivity contribution in [3.05, 3.63) is 41.8 Å². The molecular formula is C22H23ClN6O3.